The zero-order valence-corrected chi connectivity index (χ0v) is 12.9. The van der Waals surface area contributed by atoms with Crippen molar-refractivity contribution in [1.29, 1.82) is 0 Å². The van der Waals surface area contributed by atoms with Gasteiger partial charge in [0.25, 0.3) is 0 Å². The van der Waals surface area contributed by atoms with Crippen LogP contribution in [0.1, 0.15) is 49.9 Å². The van der Waals surface area contributed by atoms with Gasteiger partial charge in [0.2, 0.25) is 5.89 Å². The van der Waals surface area contributed by atoms with Crippen molar-refractivity contribution in [3.63, 3.8) is 0 Å². The number of aromatic nitrogens is 2. The molecule has 0 amide bonds. The van der Waals surface area contributed by atoms with Gasteiger partial charge in [-0.3, -0.25) is 0 Å². The molecular formula is C16H20ClN3O. The minimum absolute atomic E-state index is 0.469. The number of hydrogen-bond acceptors (Lipinski definition) is 4. The summed E-state index contributed by atoms with van der Waals surface area (Å²) in [4.78, 5) is 4.52. The third-order valence-corrected chi connectivity index (χ3v) is 4.60. The second kappa shape index (κ2) is 5.78. The molecule has 2 N–H and O–H groups in total. The van der Waals surface area contributed by atoms with Crippen molar-refractivity contribution in [2.24, 2.45) is 11.7 Å². The smallest absolute Gasteiger partial charge is 0.246 e. The number of benzene rings is 1. The van der Waals surface area contributed by atoms with Gasteiger partial charge in [-0.1, -0.05) is 54.7 Å². The summed E-state index contributed by atoms with van der Waals surface area (Å²) in [6, 6.07) is 7.70. The Morgan fingerprint density at radius 2 is 2.24 bits per heavy atom. The molecule has 21 heavy (non-hydrogen) atoms. The summed E-state index contributed by atoms with van der Waals surface area (Å²) in [5.41, 5.74) is 7.01. The molecule has 3 rings (SSSR count). The van der Waals surface area contributed by atoms with Crippen molar-refractivity contribution < 1.29 is 4.52 Å². The van der Waals surface area contributed by atoms with E-state index < -0.39 is 5.54 Å². The molecule has 2 atom stereocenters. The lowest BCUT2D eigenvalue weighted by molar-refractivity contribution is 0.183. The predicted molar refractivity (Wildman–Crippen MR) is 82.1 cm³/mol. The quantitative estimate of drug-likeness (QED) is 0.939. The molecule has 0 aliphatic heterocycles. The average Bonchev–Trinajstić information content (AvgIpc) is 2.91. The fourth-order valence-corrected chi connectivity index (χ4v) is 3.33. The lowest BCUT2D eigenvalue weighted by atomic mass is 9.77. The summed E-state index contributed by atoms with van der Waals surface area (Å²) in [5.74, 6) is 1.81. The third kappa shape index (κ3) is 3.11. The van der Waals surface area contributed by atoms with Crippen LogP contribution in [0.4, 0.5) is 0 Å². The van der Waals surface area contributed by atoms with Crippen molar-refractivity contribution in [2.45, 2.75) is 44.6 Å². The van der Waals surface area contributed by atoms with E-state index >= 15 is 0 Å². The first-order valence-electron chi connectivity index (χ1n) is 7.42. The van der Waals surface area contributed by atoms with Gasteiger partial charge in [-0.05, 0) is 30.4 Å². The molecule has 1 aliphatic carbocycles. The van der Waals surface area contributed by atoms with Gasteiger partial charge in [-0.2, -0.15) is 4.98 Å². The monoisotopic (exact) mass is 305 g/mol. The Morgan fingerprint density at radius 3 is 3.00 bits per heavy atom. The van der Waals surface area contributed by atoms with Gasteiger partial charge >= 0.3 is 0 Å². The van der Waals surface area contributed by atoms with Crippen LogP contribution in [0.3, 0.4) is 0 Å². The van der Waals surface area contributed by atoms with E-state index in [9.17, 15) is 0 Å². The Kier molecular flexibility index (Phi) is 4.00. The van der Waals surface area contributed by atoms with Crippen LogP contribution in [0.5, 0.6) is 0 Å². The second-order valence-electron chi connectivity index (χ2n) is 6.14. The first kappa shape index (κ1) is 14.5. The Bertz CT molecular complexity index is 627. The number of nitrogens with zero attached hydrogens (tertiary/aromatic N) is 2. The average molecular weight is 306 g/mol. The molecule has 0 spiro atoms. The second-order valence-corrected chi connectivity index (χ2v) is 6.55. The van der Waals surface area contributed by atoms with E-state index in [1.165, 1.54) is 6.42 Å². The molecule has 0 saturated heterocycles. The topological polar surface area (TPSA) is 64.9 Å². The molecule has 112 valence electrons. The van der Waals surface area contributed by atoms with E-state index in [1.807, 2.05) is 24.3 Å². The predicted octanol–water partition coefficient (Wildman–Crippen LogP) is 3.68. The molecule has 2 unspecified atom stereocenters. The lowest BCUT2D eigenvalue weighted by Gasteiger charge is -2.33. The largest absolute Gasteiger partial charge is 0.337 e. The van der Waals surface area contributed by atoms with Gasteiger partial charge in [-0.25, -0.2) is 0 Å². The highest BCUT2D eigenvalue weighted by atomic mass is 35.5. The van der Waals surface area contributed by atoms with Crippen molar-refractivity contribution in [3.8, 4) is 0 Å². The van der Waals surface area contributed by atoms with Crippen LogP contribution in [0.15, 0.2) is 28.8 Å². The lowest BCUT2D eigenvalue weighted by Crippen LogP contribution is -2.41. The molecular weight excluding hydrogens is 286 g/mol. The summed E-state index contributed by atoms with van der Waals surface area (Å²) in [7, 11) is 0. The van der Waals surface area contributed by atoms with Crippen molar-refractivity contribution >= 4 is 11.6 Å². The van der Waals surface area contributed by atoms with Crippen molar-refractivity contribution in [3.05, 3.63) is 46.6 Å². The molecule has 1 saturated carbocycles. The Hall–Kier alpha value is -1.39. The Labute approximate surface area is 129 Å². The van der Waals surface area contributed by atoms with Gasteiger partial charge < -0.3 is 10.3 Å². The zero-order valence-electron chi connectivity index (χ0n) is 12.2. The van der Waals surface area contributed by atoms with Crippen LogP contribution in [0.25, 0.3) is 0 Å². The third-order valence-electron chi connectivity index (χ3n) is 4.23. The number of nitrogens with two attached hydrogens (primary N) is 1. The molecule has 0 bridgehead atoms. The van der Waals surface area contributed by atoms with E-state index in [4.69, 9.17) is 21.9 Å². The van der Waals surface area contributed by atoms with Crippen LogP contribution >= 0.6 is 11.6 Å². The van der Waals surface area contributed by atoms with Crippen LogP contribution in [0, 0.1) is 5.92 Å². The van der Waals surface area contributed by atoms with Crippen molar-refractivity contribution in [1.82, 2.24) is 10.1 Å². The fourth-order valence-electron chi connectivity index (χ4n) is 3.13. The van der Waals surface area contributed by atoms with E-state index in [0.29, 0.717) is 24.1 Å². The zero-order chi connectivity index (χ0) is 14.9. The summed E-state index contributed by atoms with van der Waals surface area (Å²) in [5, 5.41) is 4.79. The fraction of sp³-hybridized carbons (Fsp3) is 0.500. The SMILES string of the molecule is CC1CCCC(N)(c2nc(Cc3ccccc3Cl)no2)C1. The van der Waals surface area contributed by atoms with Crippen LogP contribution < -0.4 is 5.73 Å². The highest BCUT2D eigenvalue weighted by molar-refractivity contribution is 6.31. The Balaban J connectivity index is 1.79. The van der Waals surface area contributed by atoms with E-state index in [2.05, 4.69) is 17.1 Å². The number of hydrogen-bond donors (Lipinski definition) is 1. The highest BCUT2D eigenvalue weighted by Gasteiger charge is 2.37. The van der Waals surface area contributed by atoms with Crippen molar-refractivity contribution in [2.75, 3.05) is 0 Å². The standard InChI is InChI=1S/C16H20ClN3O/c1-11-5-4-8-16(18,10-11)15-19-14(20-21-15)9-12-6-2-3-7-13(12)17/h2-3,6-7,11H,4-5,8-10,18H2,1H3. The number of halogens is 1. The minimum atomic E-state index is -0.469. The van der Waals surface area contributed by atoms with Gasteiger partial charge in [0, 0.05) is 11.4 Å². The van der Waals surface area contributed by atoms with Crippen LogP contribution in [0.2, 0.25) is 5.02 Å². The van der Waals surface area contributed by atoms with E-state index in [1.54, 1.807) is 0 Å². The maximum absolute atomic E-state index is 6.49. The van der Waals surface area contributed by atoms with Gasteiger partial charge in [0.15, 0.2) is 5.82 Å². The molecule has 1 aromatic carbocycles. The normalized spacial score (nSPS) is 26.0. The maximum Gasteiger partial charge on any atom is 0.246 e. The van der Waals surface area contributed by atoms with Gasteiger partial charge in [-0.15, -0.1) is 0 Å². The van der Waals surface area contributed by atoms with Crippen LogP contribution in [-0.4, -0.2) is 10.1 Å². The highest BCUT2D eigenvalue weighted by Crippen LogP contribution is 2.37. The maximum atomic E-state index is 6.49. The molecule has 1 aromatic heterocycles. The van der Waals surface area contributed by atoms with E-state index in [-0.39, 0.29) is 0 Å². The molecule has 0 radical (unpaired) electrons. The molecule has 1 fully saturated rings. The van der Waals surface area contributed by atoms with Crippen LogP contribution in [-0.2, 0) is 12.0 Å². The molecule has 5 heteroatoms. The molecule has 2 aromatic rings. The summed E-state index contributed by atoms with van der Waals surface area (Å²) < 4.78 is 5.44. The van der Waals surface area contributed by atoms with Gasteiger partial charge in [0.05, 0.1) is 5.54 Å². The first-order chi connectivity index (χ1) is 10.1. The molecule has 4 nitrogen and oxygen atoms in total. The Morgan fingerprint density at radius 1 is 1.43 bits per heavy atom. The van der Waals surface area contributed by atoms with E-state index in [0.717, 1.165) is 29.8 Å². The molecule has 1 heterocycles. The number of rotatable bonds is 3. The summed E-state index contributed by atoms with van der Waals surface area (Å²) in [6.07, 6.45) is 4.71. The summed E-state index contributed by atoms with van der Waals surface area (Å²) >= 11 is 6.17. The minimum Gasteiger partial charge on any atom is -0.337 e. The molecule has 1 aliphatic rings. The first-order valence-corrected chi connectivity index (χ1v) is 7.80. The van der Waals surface area contributed by atoms with Gasteiger partial charge in [0.1, 0.15) is 0 Å². The summed E-state index contributed by atoms with van der Waals surface area (Å²) in [6.45, 7) is 2.22.